The highest BCUT2D eigenvalue weighted by molar-refractivity contribution is 9.09. The first kappa shape index (κ1) is 12.9. The van der Waals surface area contributed by atoms with Gasteiger partial charge in [-0.3, -0.25) is 0 Å². The summed E-state index contributed by atoms with van der Waals surface area (Å²) in [4.78, 5) is 2.22. The van der Waals surface area contributed by atoms with Crippen LogP contribution in [0.4, 0.5) is 0 Å². The van der Waals surface area contributed by atoms with Crippen LogP contribution >= 0.6 is 15.9 Å². The molecule has 0 aliphatic carbocycles. The second-order valence-electron chi connectivity index (χ2n) is 4.52. The van der Waals surface area contributed by atoms with E-state index in [-0.39, 0.29) is 11.3 Å². The molecule has 2 nitrogen and oxygen atoms in total. The summed E-state index contributed by atoms with van der Waals surface area (Å²) >= 11 is 3.49. The van der Waals surface area contributed by atoms with Gasteiger partial charge in [-0.05, 0) is 19.4 Å². The Bertz CT molecular complexity index is 184. The Morgan fingerprint density at radius 2 is 2.08 bits per heavy atom. The summed E-state index contributed by atoms with van der Waals surface area (Å²) in [7, 11) is 2.07. The van der Waals surface area contributed by atoms with Crippen LogP contribution in [0.15, 0.2) is 0 Å². The maximum absolute atomic E-state index is 8.65. The summed E-state index contributed by atoms with van der Waals surface area (Å²) in [6.45, 7) is 8.26. The Labute approximate surface area is 90.0 Å². The number of alkyl halides is 1. The van der Waals surface area contributed by atoms with Crippen molar-refractivity contribution in [3.05, 3.63) is 0 Å². The zero-order valence-corrected chi connectivity index (χ0v) is 10.6. The van der Waals surface area contributed by atoms with Crippen molar-refractivity contribution in [2.45, 2.75) is 20.8 Å². The number of hydrogen-bond acceptors (Lipinski definition) is 2. The van der Waals surface area contributed by atoms with E-state index in [0.29, 0.717) is 0 Å². The highest BCUT2D eigenvalue weighted by atomic mass is 79.9. The van der Waals surface area contributed by atoms with Gasteiger partial charge in [0.2, 0.25) is 0 Å². The molecule has 0 amide bonds. The van der Waals surface area contributed by atoms with Crippen molar-refractivity contribution < 1.29 is 0 Å². The van der Waals surface area contributed by atoms with E-state index in [1.165, 1.54) is 0 Å². The molecule has 0 rings (SSSR count). The lowest BCUT2D eigenvalue weighted by Crippen LogP contribution is -2.34. The third-order valence-corrected chi connectivity index (χ3v) is 3.38. The van der Waals surface area contributed by atoms with Crippen LogP contribution < -0.4 is 0 Å². The minimum atomic E-state index is 0.121. The van der Waals surface area contributed by atoms with E-state index in [1.807, 2.05) is 6.92 Å². The van der Waals surface area contributed by atoms with Crippen molar-refractivity contribution in [3.63, 3.8) is 0 Å². The fourth-order valence-corrected chi connectivity index (χ4v) is 1.52. The minimum Gasteiger partial charge on any atom is -0.305 e. The van der Waals surface area contributed by atoms with Crippen LogP contribution in [0.5, 0.6) is 0 Å². The van der Waals surface area contributed by atoms with Crippen LogP contribution in [0.3, 0.4) is 0 Å². The third kappa shape index (κ3) is 6.06. The van der Waals surface area contributed by atoms with Gasteiger partial charge in [0.25, 0.3) is 0 Å². The van der Waals surface area contributed by atoms with Crippen LogP contribution in [0.2, 0.25) is 0 Å². The molecule has 0 aliphatic rings. The molecule has 0 heterocycles. The van der Waals surface area contributed by atoms with E-state index in [4.69, 9.17) is 5.26 Å². The maximum Gasteiger partial charge on any atom is 0.0666 e. The summed E-state index contributed by atoms with van der Waals surface area (Å²) in [5, 5.41) is 9.64. The summed E-state index contributed by atoms with van der Waals surface area (Å²) in [5.41, 5.74) is 0.282. The molecule has 13 heavy (non-hydrogen) atoms. The quantitative estimate of drug-likeness (QED) is 0.698. The Morgan fingerprint density at radius 1 is 1.54 bits per heavy atom. The standard InChI is InChI=1S/C10H19BrN2/c1-9(5-12)6-13(4)8-10(2,3)7-11/h9H,6-8H2,1-4H3. The molecule has 0 aromatic heterocycles. The highest BCUT2D eigenvalue weighted by Gasteiger charge is 2.19. The lowest BCUT2D eigenvalue weighted by molar-refractivity contribution is 0.220. The first-order chi connectivity index (χ1) is 5.91. The predicted octanol–water partition coefficient (Wildman–Crippen LogP) is 2.50. The van der Waals surface area contributed by atoms with Crippen molar-refractivity contribution in [2.75, 3.05) is 25.5 Å². The molecule has 1 unspecified atom stereocenters. The Kier molecular flexibility index (Phi) is 5.59. The van der Waals surface area contributed by atoms with E-state index in [9.17, 15) is 0 Å². The Morgan fingerprint density at radius 3 is 2.46 bits per heavy atom. The molecule has 0 N–H and O–H groups in total. The summed E-state index contributed by atoms with van der Waals surface area (Å²) in [5.74, 6) is 0.121. The summed E-state index contributed by atoms with van der Waals surface area (Å²) < 4.78 is 0. The lowest BCUT2D eigenvalue weighted by Gasteiger charge is -2.28. The molecular formula is C10H19BrN2. The third-order valence-electron chi connectivity index (χ3n) is 1.87. The van der Waals surface area contributed by atoms with Gasteiger partial charge < -0.3 is 4.90 Å². The lowest BCUT2D eigenvalue weighted by atomic mass is 9.96. The predicted molar refractivity (Wildman–Crippen MR) is 59.8 cm³/mol. The van der Waals surface area contributed by atoms with E-state index >= 15 is 0 Å². The van der Waals surface area contributed by atoms with Gasteiger partial charge in [-0.15, -0.1) is 0 Å². The van der Waals surface area contributed by atoms with Gasteiger partial charge in [-0.1, -0.05) is 29.8 Å². The molecule has 1 atom stereocenters. The smallest absolute Gasteiger partial charge is 0.0666 e. The van der Waals surface area contributed by atoms with Gasteiger partial charge in [-0.25, -0.2) is 0 Å². The van der Waals surface area contributed by atoms with Gasteiger partial charge in [-0.2, -0.15) is 5.26 Å². The molecule has 76 valence electrons. The zero-order chi connectivity index (χ0) is 10.5. The number of halogens is 1. The Balaban J connectivity index is 3.88. The number of rotatable bonds is 5. The normalized spacial score (nSPS) is 14.2. The molecule has 0 bridgehead atoms. The monoisotopic (exact) mass is 246 g/mol. The second kappa shape index (κ2) is 5.62. The van der Waals surface area contributed by atoms with Crippen molar-refractivity contribution >= 4 is 15.9 Å². The number of nitriles is 1. The van der Waals surface area contributed by atoms with E-state index < -0.39 is 0 Å². The first-order valence-electron chi connectivity index (χ1n) is 4.55. The highest BCUT2D eigenvalue weighted by Crippen LogP contribution is 2.19. The zero-order valence-electron chi connectivity index (χ0n) is 8.97. The van der Waals surface area contributed by atoms with Crippen molar-refractivity contribution in [3.8, 4) is 6.07 Å². The van der Waals surface area contributed by atoms with E-state index in [1.54, 1.807) is 0 Å². The number of nitrogens with zero attached hydrogens (tertiary/aromatic N) is 2. The van der Waals surface area contributed by atoms with Crippen LogP contribution in [-0.4, -0.2) is 30.4 Å². The summed E-state index contributed by atoms with van der Waals surface area (Å²) in [6, 6.07) is 2.25. The fraction of sp³-hybridized carbons (Fsp3) is 0.900. The van der Waals surface area contributed by atoms with Crippen molar-refractivity contribution in [1.82, 2.24) is 4.90 Å². The molecular weight excluding hydrogens is 228 g/mol. The van der Waals surface area contributed by atoms with Gasteiger partial charge in [0, 0.05) is 18.4 Å². The van der Waals surface area contributed by atoms with Gasteiger partial charge in [0.1, 0.15) is 0 Å². The molecule has 0 saturated carbocycles. The molecule has 0 radical (unpaired) electrons. The topological polar surface area (TPSA) is 27.0 Å². The number of hydrogen-bond donors (Lipinski definition) is 0. The second-order valence-corrected chi connectivity index (χ2v) is 5.09. The van der Waals surface area contributed by atoms with Crippen LogP contribution in [0.25, 0.3) is 0 Å². The average molecular weight is 247 g/mol. The van der Waals surface area contributed by atoms with Crippen LogP contribution in [0, 0.1) is 22.7 Å². The summed E-state index contributed by atoms with van der Waals surface area (Å²) in [6.07, 6.45) is 0. The molecule has 0 fully saturated rings. The molecule has 0 spiro atoms. The molecule has 3 heteroatoms. The molecule has 0 saturated heterocycles. The molecule has 0 aromatic rings. The molecule has 0 aromatic carbocycles. The molecule has 0 aliphatic heterocycles. The van der Waals surface area contributed by atoms with Gasteiger partial charge in [0.15, 0.2) is 0 Å². The first-order valence-corrected chi connectivity index (χ1v) is 5.67. The largest absolute Gasteiger partial charge is 0.305 e. The van der Waals surface area contributed by atoms with Crippen LogP contribution in [0.1, 0.15) is 20.8 Å². The average Bonchev–Trinajstić information content (AvgIpc) is 2.03. The van der Waals surface area contributed by atoms with Crippen molar-refractivity contribution in [1.29, 1.82) is 5.26 Å². The maximum atomic E-state index is 8.65. The van der Waals surface area contributed by atoms with Gasteiger partial charge in [0.05, 0.1) is 12.0 Å². The van der Waals surface area contributed by atoms with Crippen molar-refractivity contribution in [2.24, 2.45) is 11.3 Å². The van der Waals surface area contributed by atoms with Crippen LogP contribution in [-0.2, 0) is 0 Å². The minimum absolute atomic E-state index is 0.121. The van der Waals surface area contributed by atoms with E-state index in [2.05, 4.69) is 47.8 Å². The fourth-order valence-electron chi connectivity index (χ4n) is 1.35. The SMILES string of the molecule is CC(C#N)CN(C)CC(C)(C)CBr. The van der Waals surface area contributed by atoms with Gasteiger partial charge >= 0.3 is 0 Å². The Hall–Kier alpha value is -0.0700. The van der Waals surface area contributed by atoms with E-state index in [0.717, 1.165) is 18.4 Å².